The molecule has 0 aromatic rings. The van der Waals surface area contributed by atoms with Crippen LogP contribution in [-0.2, 0) is 9.53 Å². The van der Waals surface area contributed by atoms with Crippen LogP contribution in [0, 0.1) is 5.92 Å². The molecule has 4 nitrogen and oxygen atoms in total. The predicted molar refractivity (Wildman–Crippen MR) is 73.3 cm³/mol. The maximum absolute atomic E-state index is 12.3. The van der Waals surface area contributed by atoms with E-state index < -0.39 is 0 Å². The van der Waals surface area contributed by atoms with E-state index in [4.69, 9.17) is 10.5 Å². The Labute approximate surface area is 111 Å². The van der Waals surface area contributed by atoms with Crippen LogP contribution in [0.5, 0.6) is 0 Å². The van der Waals surface area contributed by atoms with Crippen LogP contribution in [0.1, 0.15) is 46.5 Å². The number of carbonyl (C=O) groups is 1. The van der Waals surface area contributed by atoms with E-state index >= 15 is 0 Å². The van der Waals surface area contributed by atoms with Crippen molar-refractivity contribution in [2.45, 2.75) is 52.1 Å². The monoisotopic (exact) mass is 256 g/mol. The molecule has 1 aliphatic rings. The zero-order valence-corrected chi connectivity index (χ0v) is 12.1. The zero-order valence-electron chi connectivity index (χ0n) is 12.1. The lowest BCUT2D eigenvalue weighted by molar-refractivity contribution is -0.154. The minimum atomic E-state index is -0.311. The molecular formula is C14H28N2O2. The normalized spacial score (nSPS) is 26.1. The predicted octanol–water partition coefficient (Wildman–Crippen LogP) is 1.78. The first kappa shape index (κ1) is 15.4. The maximum Gasteiger partial charge on any atom is 0.225 e. The van der Waals surface area contributed by atoms with Crippen molar-refractivity contribution in [2.24, 2.45) is 11.7 Å². The summed E-state index contributed by atoms with van der Waals surface area (Å²) >= 11 is 0. The Kier molecular flexibility index (Phi) is 6.09. The number of morpholine rings is 1. The van der Waals surface area contributed by atoms with E-state index in [0.29, 0.717) is 26.2 Å². The Morgan fingerprint density at radius 3 is 2.72 bits per heavy atom. The number of carbonyl (C=O) groups excluding carboxylic acids is 1. The molecule has 18 heavy (non-hydrogen) atoms. The summed E-state index contributed by atoms with van der Waals surface area (Å²) in [6.45, 7) is 8.73. The number of nitrogens with zero attached hydrogens (tertiary/aromatic N) is 1. The molecule has 0 saturated carbocycles. The molecule has 2 unspecified atom stereocenters. The van der Waals surface area contributed by atoms with Gasteiger partial charge in [0.1, 0.15) is 0 Å². The van der Waals surface area contributed by atoms with E-state index in [1.54, 1.807) is 0 Å². The molecule has 106 valence electrons. The standard InChI is InChI=1S/C14H28N2O2/c1-4-6-12(3)13(17)16-8-9-18-14(10-15,11-16)7-5-2/h12H,4-11,15H2,1-3H3. The average molecular weight is 256 g/mol. The quantitative estimate of drug-likeness (QED) is 0.788. The summed E-state index contributed by atoms with van der Waals surface area (Å²) in [7, 11) is 0. The molecule has 4 heteroatoms. The van der Waals surface area contributed by atoms with Gasteiger partial charge in [-0.1, -0.05) is 33.6 Å². The summed E-state index contributed by atoms with van der Waals surface area (Å²) in [5.74, 6) is 0.374. The summed E-state index contributed by atoms with van der Waals surface area (Å²) in [6.07, 6.45) is 3.97. The van der Waals surface area contributed by atoms with Gasteiger partial charge in [0, 0.05) is 19.0 Å². The van der Waals surface area contributed by atoms with Crippen molar-refractivity contribution in [2.75, 3.05) is 26.2 Å². The van der Waals surface area contributed by atoms with Gasteiger partial charge < -0.3 is 15.4 Å². The third kappa shape index (κ3) is 3.69. The highest BCUT2D eigenvalue weighted by atomic mass is 16.5. The number of nitrogens with two attached hydrogens (primary N) is 1. The Morgan fingerprint density at radius 1 is 1.44 bits per heavy atom. The largest absolute Gasteiger partial charge is 0.370 e. The molecule has 1 amide bonds. The van der Waals surface area contributed by atoms with Crippen LogP contribution in [0.3, 0.4) is 0 Å². The van der Waals surface area contributed by atoms with E-state index in [1.165, 1.54) is 0 Å². The van der Waals surface area contributed by atoms with Crippen LogP contribution in [0.25, 0.3) is 0 Å². The zero-order chi connectivity index (χ0) is 13.6. The molecular weight excluding hydrogens is 228 g/mol. The van der Waals surface area contributed by atoms with Gasteiger partial charge in [0.2, 0.25) is 5.91 Å². The molecule has 2 atom stereocenters. The molecule has 0 aromatic heterocycles. The molecule has 1 aliphatic heterocycles. The summed E-state index contributed by atoms with van der Waals surface area (Å²) in [4.78, 5) is 14.3. The molecule has 2 N–H and O–H groups in total. The molecule has 0 aliphatic carbocycles. The topological polar surface area (TPSA) is 55.6 Å². The van der Waals surface area contributed by atoms with Crippen LogP contribution in [0.2, 0.25) is 0 Å². The van der Waals surface area contributed by atoms with E-state index in [0.717, 1.165) is 25.7 Å². The minimum Gasteiger partial charge on any atom is -0.370 e. The Balaban J connectivity index is 2.64. The van der Waals surface area contributed by atoms with Crippen molar-refractivity contribution in [3.05, 3.63) is 0 Å². The second-order valence-corrected chi connectivity index (χ2v) is 5.44. The number of rotatable bonds is 6. The number of ether oxygens (including phenoxy) is 1. The van der Waals surface area contributed by atoms with Crippen molar-refractivity contribution in [3.8, 4) is 0 Å². The smallest absolute Gasteiger partial charge is 0.225 e. The molecule has 1 heterocycles. The van der Waals surface area contributed by atoms with Crippen molar-refractivity contribution in [3.63, 3.8) is 0 Å². The molecule has 0 bridgehead atoms. The van der Waals surface area contributed by atoms with Crippen molar-refractivity contribution < 1.29 is 9.53 Å². The third-order valence-electron chi connectivity index (χ3n) is 3.78. The lowest BCUT2D eigenvalue weighted by Crippen LogP contribution is -2.57. The van der Waals surface area contributed by atoms with Gasteiger partial charge in [-0.2, -0.15) is 0 Å². The second-order valence-electron chi connectivity index (χ2n) is 5.44. The van der Waals surface area contributed by atoms with Gasteiger partial charge >= 0.3 is 0 Å². The number of hydrogen-bond donors (Lipinski definition) is 1. The Bertz CT molecular complexity index is 267. The van der Waals surface area contributed by atoms with Crippen LogP contribution >= 0.6 is 0 Å². The lowest BCUT2D eigenvalue weighted by Gasteiger charge is -2.43. The first-order valence-electron chi connectivity index (χ1n) is 7.21. The fourth-order valence-electron chi connectivity index (χ4n) is 2.73. The van der Waals surface area contributed by atoms with Gasteiger partial charge in [-0.05, 0) is 12.8 Å². The summed E-state index contributed by atoms with van der Waals surface area (Å²) in [6, 6.07) is 0. The average Bonchev–Trinajstić information content (AvgIpc) is 2.38. The van der Waals surface area contributed by atoms with Crippen LogP contribution in [0.15, 0.2) is 0 Å². The molecule has 1 saturated heterocycles. The maximum atomic E-state index is 12.3. The highest BCUT2D eigenvalue weighted by molar-refractivity contribution is 5.78. The highest BCUT2D eigenvalue weighted by Crippen LogP contribution is 2.24. The van der Waals surface area contributed by atoms with Gasteiger partial charge in [-0.15, -0.1) is 0 Å². The van der Waals surface area contributed by atoms with Gasteiger partial charge in [0.05, 0.1) is 18.8 Å². The van der Waals surface area contributed by atoms with Gasteiger partial charge in [-0.25, -0.2) is 0 Å². The van der Waals surface area contributed by atoms with E-state index in [1.807, 2.05) is 11.8 Å². The van der Waals surface area contributed by atoms with Gasteiger partial charge in [0.25, 0.3) is 0 Å². The molecule has 0 radical (unpaired) electrons. The molecule has 0 spiro atoms. The van der Waals surface area contributed by atoms with Gasteiger partial charge in [-0.3, -0.25) is 4.79 Å². The Hall–Kier alpha value is -0.610. The number of amides is 1. The fourth-order valence-corrected chi connectivity index (χ4v) is 2.73. The van der Waals surface area contributed by atoms with Crippen molar-refractivity contribution in [1.29, 1.82) is 0 Å². The van der Waals surface area contributed by atoms with Crippen molar-refractivity contribution >= 4 is 5.91 Å². The van der Waals surface area contributed by atoms with Crippen LogP contribution in [0.4, 0.5) is 0 Å². The highest BCUT2D eigenvalue weighted by Gasteiger charge is 2.37. The summed E-state index contributed by atoms with van der Waals surface area (Å²) < 4.78 is 5.86. The van der Waals surface area contributed by atoms with E-state index in [-0.39, 0.29) is 17.4 Å². The SMILES string of the molecule is CCCC(C)C(=O)N1CCOC(CN)(CCC)C1. The fraction of sp³-hybridized carbons (Fsp3) is 0.929. The van der Waals surface area contributed by atoms with E-state index in [9.17, 15) is 4.79 Å². The van der Waals surface area contributed by atoms with E-state index in [2.05, 4.69) is 13.8 Å². The van der Waals surface area contributed by atoms with Crippen molar-refractivity contribution in [1.82, 2.24) is 4.90 Å². The first-order valence-corrected chi connectivity index (χ1v) is 7.21. The number of hydrogen-bond acceptors (Lipinski definition) is 3. The van der Waals surface area contributed by atoms with Gasteiger partial charge in [0.15, 0.2) is 0 Å². The molecule has 0 aromatic carbocycles. The van der Waals surface area contributed by atoms with Crippen LogP contribution < -0.4 is 5.73 Å². The lowest BCUT2D eigenvalue weighted by atomic mass is 9.94. The minimum absolute atomic E-state index is 0.116. The third-order valence-corrected chi connectivity index (χ3v) is 3.78. The van der Waals surface area contributed by atoms with Crippen LogP contribution in [-0.4, -0.2) is 42.6 Å². The summed E-state index contributed by atoms with van der Waals surface area (Å²) in [5, 5.41) is 0. The Morgan fingerprint density at radius 2 is 2.17 bits per heavy atom. The summed E-state index contributed by atoms with van der Waals surface area (Å²) in [5.41, 5.74) is 5.55. The second kappa shape index (κ2) is 7.10. The molecule has 1 fully saturated rings. The molecule has 1 rings (SSSR count). The first-order chi connectivity index (χ1) is 8.58.